The van der Waals surface area contributed by atoms with E-state index in [2.05, 4.69) is 66.1 Å². The van der Waals surface area contributed by atoms with Crippen LogP contribution in [0.3, 0.4) is 0 Å². The molecule has 0 unspecified atom stereocenters. The molecule has 0 spiro atoms. The SMILES string of the molecule is CCCCCC#CCC#CCC#CCC#CCC#CCCCCC(=O)O. The number of aliphatic carboxylic acids is 1. The fourth-order valence-corrected chi connectivity index (χ4v) is 1.81. The Morgan fingerprint density at radius 1 is 0.615 bits per heavy atom. The van der Waals surface area contributed by atoms with E-state index in [1.54, 1.807) is 0 Å². The smallest absolute Gasteiger partial charge is 0.303 e. The van der Waals surface area contributed by atoms with Gasteiger partial charge in [-0.2, -0.15) is 0 Å². The minimum atomic E-state index is -0.748. The Kier molecular flexibility index (Phi) is 18.2. The molecular weight excluding hydrogens is 320 g/mol. The van der Waals surface area contributed by atoms with Crippen LogP contribution in [0.2, 0.25) is 0 Å². The van der Waals surface area contributed by atoms with E-state index in [0.29, 0.717) is 32.1 Å². The fraction of sp³-hybridized carbons (Fsp3) is 0.542. The van der Waals surface area contributed by atoms with E-state index < -0.39 is 5.97 Å². The van der Waals surface area contributed by atoms with E-state index in [9.17, 15) is 4.79 Å². The van der Waals surface area contributed by atoms with Crippen molar-refractivity contribution >= 4 is 5.97 Å². The summed E-state index contributed by atoms with van der Waals surface area (Å²) in [6.45, 7) is 2.19. The number of carbonyl (C=O) groups is 1. The fourth-order valence-electron chi connectivity index (χ4n) is 1.81. The number of hydrogen-bond acceptors (Lipinski definition) is 1. The first-order chi connectivity index (χ1) is 12.8. The molecule has 0 bridgehead atoms. The van der Waals surface area contributed by atoms with Crippen molar-refractivity contribution < 1.29 is 9.90 Å². The Morgan fingerprint density at radius 2 is 1.00 bits per heavy atom. The molecule has 0 aromatic heterocycles. The highest BCUT2D eigenvalue weighted by Gasteiger charge is 1.93. The number of carboxylic acids is 1. The predicted octanol–water partition coefficient (Wildman–Crippen LogP) is 4.79. The van der Waals surface area contributed by atoms with Crippen LogP contribution < -0.4 is 0 Å². The third-order valence-electron chi connectivity index (χ3n) is 3.18. The summed E-state index contributed by atoms with van der Waals surface area (Å²) in [5.74, 6) is 29.3. The molecule has 0 saturated heterocycles. The van der Waals surface area contributed by atoms with Gasteiger partial charge in [0.15, 0.2) is 0 Å². The zero-order valence-corrected chi connectivity index (χ0v) is 15.8. The molecule has 0 fully saturated rings. The number of carboxylic acid groups (broad SMARTS) is 1. The Bertz CT molecular complexity index is 688. The molecule has 0 heterocycles. The van der Waals surface area contributed by atoms with Crippen molar-refractivity contribution in [2.75, 3.05) is 0 Å². The molecule has 0 aliphatic heterocycles. The Balaban J connectivity index is 3.63. The summed E-state index contributed by atoms with van der Waals surface area (Å²) in [5, 5.41) is 8.49. The number of rotatable bonds is 7. The van der Waals surface area contributed by atoms with Crippen molar-refractivity contribution in [3.05, 3.63) is 0 Å². The number of hydrogen-bond donors (Lipinski definition) is 1. The first kappa shape index (κ1) is 23.3. The van der Waals surface area contributed by atoms with Crippen molar-refractivity contribution in [2.45, 2.75) is 84.0 Å². The normalized spacial score (nSPS) is 8.04. The highest BCUT2D eigenvalue weighted by atomic mass is 16.4. The van der Waals surface area contributed by atoms with Gasteiger partial charge in [0, 0.05) is 19.3 Å². The summed E-state index contributed by atoms with van der Waals surface area (Å²) < 4.78 is 0. The van der Waals surface area contributed by atoms with E-state index >= 15 is 0 Å². The van der Waals surface area contributed by atoms with Crippen LogP contribution in [0, 0.1) is 59.2 Å². The molecule has 0 radical (unpaired) electrons. The van der Waals surface area contributed by atoms with Crippen LogP contribution in [0.15, 0.2) is 0 Å². The van der Waals surface area contributed by atoms with Gasteiger partial charge in [0.05, 0.1) is 25.7 Å². The van der Waals surface area contributed by atoms with Gasteiger partial charge >= 0.3 is 5.97 Å². The first-order valence-corrected chi connectivity index (χ1v) is 9.27. The number of unbranched alkanes of at least 4 members (excludes halogenated alkanes) is 5. The summed E-state index contributed by atoms with van der Waals surface area (Å²) in [6, 6.07) is 0. The zero-order valence-electron chi connectivity index (χ0n) is 15.8. The van der Waals surface area contributed by atoms with Crippen LogP contribution in [-0.4, -0.2) is 11.1 Å². The molecule has 0 aromatic rings. The highest BCUT2D eigenvalue weighted by Crippen LogP contribution is 1.98. The quantitative estimate of drug-likeness (QED) is 0.530. The van der Waals surface area contributed by atoms with Gasteiger partial charge in [-0.15, -0.1) is 11.8 Å². The standard InChI is InChI=1S/C24H28O2/c1-2-3-4-5-6-7-8-9-10-11-12-13-14-15-16-17-18-19-20-21-22-23-24(25)26/h2-5,8,11,14,17,20-23H2,1H3,(H,25,26). The second-order valence-corrected chi connectivity index (χ2v) is 5.53. The molecular formula is C24H28O2. The van der Waals surface area contributed by atoms with Crippen LogP contribution in [-0.2, 0) is 4.79 Å². The van der Waals surface area contributed by atoms with Gasteiger partial charge in [-0.25, -0.2) is 0 Å². The average molecular weight is 348 g/mol. The summed E-state index contributed by atoms with van der Waals surface area (Å²) >= 11 is 0. The second kappa shape index (κ2) is 20.3. The Hall–Kier alpha value is -2.73. The predicted molar refractivity (Wildman–Crippen MR) is 108 cm³/mol. The molecule has 136 valence electrons. The van der Waals surface area contributed by atoms with Crippen molar-refractivity contribution in [1.82, 2.24) is 0 Å². The van der Waals surface area contributed by atoms with Crippen LogP contribution in [0.4, 0.5) is 0 Å². The molecule has 2 nitrogen and oxygen atoms in total. The lowest BCUT2D eigenvalue weighted by molar-refractivity contribution is -0.137. The monoisotopic (exact) mass is 348 g/mol. The van der Waals surface area contributed by atoms with Crippen molar-refractivity contribution in [3.8, 4) is 59.2 Å². The lowest BCUT2D eigenvalue weighted by Gasteiger charge is -1.90. The minimum Gasteiger partial charge on any atom is -0.481 e. The zero-order chi connectivity index (χ0) is 19.1. The van der Waals surface area contributed by atoms with E-state index in [4.69, 9.17) is 5.11 Å². The first-order valence-electron chi connectivity index (χ1n) is 9.27. The minimum absolute atomic E-state index is 0.219. The summed E-state index contributed by atoms with van der Waals surface area (Å²) in [5.41, 5.74) is 0. The van der Waals surface area contributed by atoms with Gasteiger partial charge in [0.1, 0.15) is 0 Å². The molecule has 2 heteroatoms. The molecule has 0 atom stereocenters. The Morgan fingerprint density at radius 3 is 1.38 bits per heavy atom. The van der Waals surface area contributed by atoms with Gasteiger partial charge in [-0.1, -0.05) is 67.1 Å². The highest BCUT2D eigenvalue weighted by molar-refractivity contribution is 5.66. The van der Waals surface area contributed by atoms with Crippen LogP contribution >= 0.6 is 0 Å². The molecule has 0 aromatic carbocycles. The van der Waals surface area contributed by atoms with E-state index in [0.717, 1.165) is 19.3 Å². The maximum atomic E-state index is 10.3. The van der Waals surface area contributed by atoms with Crippen LogP contribution in [0.5, 0.6) is 0 Å². The van der Waals surface area contributed by atoms with Gasteiger partial charge in [0.25, 0.3) is 0 Å². The lowest BCUT2D eigenvalue weighted by atomic mass is 10.2. The maximum absolute atomic E-state index is 10.3. The molecule has 0 aliphatic carbocycles. The van der Waals surface area contributed by atoms with Gasteiger partial charge in [-0.05, 0) is 19.3 Å². The Labute approximate surface area is 159 Å². The van der Waals surface area contributed by atoms with Crippen molar-refractivity contribution in [1.29, 1.82) is 0 Å². The third-order valence-corrected chi connectivity index (χ3v) is 3.18. The molecule has 1 N–H and O–H groups in total. The van der Waals surface area contributed by atoms with E-state index in [1.165, 1.54) is 19.3 Å². The summed E-state index contributed by atoms with van der Waals surface area (Å²) in [4.78, 5) is 10.3. The van der Waals surface area contributed by atoms with Crippen molar-refractivity contribution in [2.24, 2.45) is 0 Å². The maximum Gasteiger partial charge on any atom is 0.303 e. The molecule has 0 saturated carbocycles. The van der Waals surface area contributed by atoms with Gasteiger partial charge in [-0.3, -0.25) is 4.79 Å². The third kappa shape index (κ3) is 21.3. The van der Waals surface area contributed by atoms with Crippen LogP contribution in [0.25, 0.3) is 0 Å². The molecule has 26 heavy (non-hydrogen) atoms. The molecule has 0 rings (SSSR count). The van der Waals surface area contributed by atoms with Crippen molar-refractivity contribution in [3.63, 3.8) is 0 Å². The van der Waals surface area contributed by atoms with E-state index in [-0.39, 0.29) is 6.42 Å². The lowest BCUT2D eigenvalue weighted by Crippen LogP contribution is -1.92. The van der Waals surface area contributed by atoms with Crippen LogP contribution in [0.1, 0.15) is 84.0 Å². The average Bonchev–Trinajstić information content (AvgIpc) is 2.62. The largest absolute Gasteiger partial charge is 0.481 e. The van der Waals surface area contributed by atoms with E-state index in [1.807, 2.05) is 0 Å². The topological polar surface area (TPSA) is 37.3 Å². The summed E-state index contributed by atoms with van der Waals surface area (Å²) in [6.07, 6.45) is 9.37. The van der Waals surface area contributed by atoms with Gasteiger partial charge < -0.3 is 5.11 Å². The summed E-state index contributed by atoms with van der Waals surface area (Å²) in [7, 11) is 0. The van der Waals surface area contributed by atoms with Gasteiger partial charge in [0.2, 0.25) is 0 Å². The molecule has 0 aliphatic rings. The molecule has 0 amide bonds. The second-order valence-electron chi connectivity index (χ2n) is 5.53.